The summed E-state index contributed by atoms with van der Waals surface area (Å²) in [6.45, 7) is 7.54. The Morgan fingerprint density at radius 2 is 2.00 bits per heavy atom. The van der Waals surface area contributed by atoms with Crippen LogP contribution in [0.2, 0.25) is 0 Å². The molecule has 0 saturated heterocycles. The maximum Gasteiger partial charge on any atom is 0.226 e. The Morgan fingerprint density at radius 1 is 1.23 bits per heavy atom. The molecule has 1 aromatic carbocycles. The molecule has 0 N–H and O–H groups in total. The van der Waals surface area contributed by atoms with Crippen molar-refractivity contribution in [2.45, 2.75) is 27.3 Å². The standard InChI is InChI=1S/C21H22N4O/c1-15(2)13-26-21-19-18(5-4-10-22)12-25(20(19)23-14-24-21)11-17-8-6-16(3)7-9-17/h4-9,12,14-15H,11,13H2,1-3H3/b5-4+. The first-order valence-corrected chi connectivity index (χ1v) is 8.67. The third kappa shape index (κ3) is 3.92. The zero-order chi connectivity index (χ0) is 18.5. The molecule has 2 heterocycles. The molecule has 0 saturated carbocycles. The van der Waals surface area contributed by atoms with Gasteiger partial charge in [-0.3, -0.25) is 0 Å². The van der Waals surface area contributed by atoms with Crippen molar-refractivity contribution in [3.05, 3.63) is 59.6 Å². The maximum atomic E-state index is 8.91. The quantitative estimate of drug-likeness (QED) is 0.622. The van der Waals surface area contributed by atoms with Crippen molar-refractivity contribution in [1.29, 1.82) is 5.26 Å². The van der Waals surface area contributed by atoms with Crippen molar-refractivity contribution in [2.75, 3.05) is 6.61 Å². The Balaban J connectivity index is 2.06. The molecular weight excluding hydrogens is 324 g/mol. The number of fused-ring (bicyclic) bond motifs is 1. The van der Waals surface area contributed by atoms with Crippen LogP contribution < -0.4 is 4.74 Å². The SMILES string of the molecule is Cc1ccc(Cn2cc(/C=C/C#N)c3c(OCC(C)C)ncnc32)cc1. The average Bonchev–Trinajstić information content (AvgIpc) is 2.98. The molecule has 0 spiro atoms. The summed E-state index contributed by atoms with van der Waals surface area (Å²) in [5, 5.41) is 9.75. The second-order valence-corrected chi connectivity index (χ2v) is 6.74. The molecule has 0 bridgehead atoms. The lowest BCUT2D eigenvalue weighted by Gasteiger charge is -2.09. The van der Waals surface area contributed by atoms with Gasteiger partial charge in [0.2, 0.25) is 5.88 Å². The predicted octanol–water partition coefficient (Wildman–Crippen LogP) is 4.36. The number of nitrogens with zero attached hydrogens (tertiary/aromatic N) is 4. The van der Waals surface area contributed by atoms with E-state index in [1.165, 1.54) is 23.5 Å². The molecule has 5 nitrogen and oxygen atoms in total. The highest BCUT2D eigenvalue weighted by atomic mass is 16.5. The van der Waals surface area contributed by atoms with Crippen molar-refractivity contribution in [3.8, 4) is 11.9 Å². The predicted molar refractivity (Wildman–Crippen MR) is 103 cm³/mol. The Kier molecular flexibility index (Phi) is 5.33. The van der Waals surface area contributed by atoms with Crippen LogP contribution in [-0.2, 0) is 6.54 Å². The number of rotatable bonds is 6. The number of allylic oxidation sites excluding steroid dienone is 1. The molecule has 26 heavy (non-hydrogen) atoms. The summed E-state index contributed by atoms with van der Waals surface area (Å²) in [6, 6.07) is 10.5. The van der Waals surface area contributed by atoms with Crippen LogP contribution in [0.4, 0.5) is 0 Å². The maximum absolute atomic E-state index is 8.91. The van der Waals surface area contributed by atoms with Crippen LogP contribution in [0.5, 0.6) is 5.88 Å². The Morgan fingerprint density at radius 3 is 2.69 bits per heavy atom. The van der Waals surface area contributed by atoms with Crippen LogP contribution in [0.25, 0.3) is 17.1 Å². The zero-order valence-electron chi connectivity index (χ0n) is 15.3. The van der Waals surface area contributed by atoms with Crippen LogP contribution >= 0.6 is 0 Å². The Bertz CT molecular complexity index is 962. The summed E-state index contributed by atoms with van der Waals surface area (Å²) in [5.74, 6) is 0.955. The van der Waals surface area contributed by atoms with Crippen LogP contribution in [0.3, 0.4) is 0 Å². The number of hydrogen-bond acceptors (Lipinski definition) is 4. The van der Waals surface area contributed by atoms with Gasteiger partial charge in [0, 0.05) is 24.4 Å². The fraction of sp³-hybridized carbons (Fsp3) is 0.286. The van der Waals surface area contributed by atoms with Crippen LogP contribution in [0, 0.1) is 24.2 Å². The molecule has 0 unspecified atom stereocenters. The first kappa shape index (κ1) is 17.7. The molecule has 0 atom stereocenters. The fourth-order valence-corrected chi connectivity index (χ4v) is 2.74. The molecule has 3 rings (SSSR count). The molecule has 0 amide bonds. The highest BCUT2D eigenvalue weighted by Gasteiger charge is 2.15. The van der Waals surface area contributed by atoms with E-state index in [0.29, 0.717) is 24.9 Å². The first-order valence-electron chi connectivity index (χ1n) is 8.67. The number of hydrogen-bond donors (Lipinski definition) is 0. The summed E-state index contributed by atoms with van der Waals surface area (Å²) in [6.07, 6.45) is 6.76. The lowest BCUT2D eigenvalue weighted by Crippen LogP contribution is -2.06. The summed E-state index contributed by atoms with van der Waals surface area (Å²) < 4.78 is 7.97. The summed E-state index contributed by atoms with van der Waals surface area (Å²) >= 11 is 0. The van der Waals surface area contributed by atoms with Crippen LogP contribution in [0.1, 0.15) is 30.5 Å². The van der Waals surface area contributed by atoms with E-state index in [-0.39, 0.29) is 0 Å². The Hall–Kier alpha value is -3.13. The van der Waals surface area contributed by atoms with Crippen LogP contribution in [0.15, 0.2) is 42.9 Å². The average molecular weight is 346 g/mol. The Labute approximate surface area is 153 Å². The minimum absolute atomic E-state index is 0.396. The third-order valence-corrected chi connectivity index (χ3v) is 4.01. The van der Waals surface area contributed by atoms with E-state index >= 15 is 0 Å². The van der Waals surface area contributed by atoms with Gasteiger partial charge in [0.15, 0.2) is 0 Å². The van der Waals surface area contributed by atoms with Crippen molar-refractivity contribution < 1.29 is 4.74 Å². The van der Waals surface area contributed by atoms with Crippen molar-refractivity contribution >= 4 is 17.1 Å². The van der Waals surface area contributed by atoms with E-state index in [1.54, 1.807) is 6.08 Å². The lowest BCUT2D eigenvalue weighted by atomic mass is 10.1. The van der Waals surface area contributed by atoms with Gasteiger partial charge in [-0.1, -0.05) is 43.7 Å². The molecule has 3 aromatic rings. The molecule has 5 heteroatoms. The highest BCUT2D eigenvalue weighted by Crippen LogP contribution is 2.29. The van der Waals surface area contributed by atoms with Gasteiger partial charge < -0.3 is 9.30 Å². The summed E-state index contributed by atoms with van der Waals surface area (Å²) in [7, 11) is 0. The normalized spacial score (nSPS) is 11.3. The lowest BCUT2D eigenvalue weighted by molar-refractivity contribution is 0.264. The zero-order valence-corrected chi connectivity index (χ0v) is 15.3. The van der Waals surface area contributed by atoms with Gasteiger partial charge >= 0.3 is 0 Å². The van der Waals surface area contributed by atoms with Gasteiger partial charge in [0.1, 0.15) is 12.0 Å². The third-order valence-electron chi connectivity index (χ3n) is 4.01. The number of benzene rings is 1. The molecule has 0 aliphatic carbocycles. The summed E-state index contributed by atoms with van der Waals surface area (Å²) in [5.41, 5.74) is 4.10. The minimum Gasteiger partial charge on any atom is -0.477 e. The largest absolute Gasteiger partial charge is 0.477 e. The van der Waals surface area contributed by atoms with E-state index in [4.69, 9.17) is 10.00 Å². The smallest absolute Gasteiger partial charge is 0.226 e. The second-order valence-electron chi connectivity index (χ2n) is 6.74. The number of ether oxygens (including phenoxy) is 1. The fourth-order valence-electron chi connectivity index (χ4n) is 2.74. The molecule has 0 aliphatic heterocycles. The number of aromatic nitrogens is 3. The molecule has 2 aromatic heterocycles. The topological polar surface area (TPSA) is 63.7 Å². The molecule has 0 fully saturated rings. The van der Waals surface area contributed by atoms with E-state index in [9.17, 15) is 0 Å². The van der Waals surface area contributed by atoms with Gasteiger partial charge in [0.25, 0.3) is 0 Å². The van der Waals surface area contributed by atoms with Gasteiger partial charge in [-0.05, 0) is 24.5 Å². The van der Waals surface area contributed by atoms with Crippen molar-refractivity contribution in [2.24, 2.45) is 5.92 Å². The van der Waals surface area contributed by atoms with E-state index < -0.39 is 0 Å². The van der Waals surface area contributed by atoms with Crippen LogP contribution in [-0.4, -0.2) is 21.1 Å². The number of aryl methyl sites for hydroxylation is 1. The first-order chi connectivity index (χ1) is 12.6. The minimum atomic E-state index is 0.396. The summed E-state index contributed by atoms with van der Waals surface area (Å²) in [4.78, 5) is 8.78. The molecular formula is C21H22N4O. The van der Waals surface area contributed by atoms with Gasteiger partial charge in [0.05, 0.1) is 18.1 Å². The van der Waals surface area contributed by atoms with E-state index in [2.05, 4.69) is 59.6 Å². The monoisotopic (exact) mass is 346 g/mol. The molecule has 132 valence electrons. The van der Waals surface area contributed by atoms with Gasteiger partial charge in [-0.25, -0.2) is 9.97 Å². The number of nitriles is 1. The molecule has 0 aliphatic rings. The van der Waals surface area contributed by atoms with Crippen molar-refractivity contribution in [3.63, 3.8) is 0 Å². The molecule has 0 radical (unpaired) electrons. The highest BCUT2D eigenvalue weighted by molar-refractivity contribution is 5.91. The van der Waals surface area contributed by atoms with Gasteiger partial charge in [-0.2, -0.15) is 5.26 Å². The van der Waals surface area contributed by atoms with E-state index in [0.717, 1.165) is 16.6 Å². The van der Waals surface area contributed by atoms with E-state index in [1.807, 2.05) is 12.3 Å². The van der Waals surface area contributed by atoms with Gasteiger partial charge in [-0.15, -0.1) is 0 Å². The second kappa shape index (κ2) is 7.83. The van der Waals surface area contributed by atoms with Crippen molar-refractivity contribution in [1.82, 2.24) is 14.5 Å².